The first-order valence-electron chi connectivity index (χ1n) is 7.15. The van der Waals surface area contributed by atoms with E-state index in [0.717, 1.165) is 17.1 Å². The van der Waals surface area contributed by atoms with Gasteiger partial charge in [0.05, 0.1) is 0 Å². The molecule has 110 valence electrons. The molecule has 0 saturated carbocycles. The highest BCUT2D eigenvalue weighted by molar-refractivity contribution is 7.62. The molecule has 0 aromatic heterocycles. The van der Waals surface area contributed by atoms with Gasteiger partial charge in [0.1, 0.15) is 0 Å². The van der Waals surface area contributed by atoms with E-state index in [4.69, 9.17) is 0 Å². The summed E-state index contributed by atoms with van der Waals surface area (Å²) in [6.45, 7) is 0. The average Bonchev–Trinajstić information content (AvgIpc) is 2.57. The molecule has 3 N–H and O–H groups in total. The van der Waals surface area contributed by atoms with E-state index in [-0.39, 0.29) is 0 Å². The normalized spacial score (nSPS) is 10.2. The molecule has 0 unspecified atom stereocenters. The minimum Gasteiger partial charge on any atom is -0.331 e. The Morgan fingerprint density at radius 3 is 0.955 bits per heavy atom. The van der Waals surface area contributed by atoms with Gasteiger partial charge in [-0.2, -0.15) is 0 Å². The van der Waals surface area contributed by atoms with E-state index in [1.807, 2.05) is 54.6 Å². The van der Waals surface area contributed by atoms with Crippen LogP contribution in [0, 0.1) is 0 Å². The summed E-state index contributed by atoms with van der Waals surface area (Å²) in [4.78, 5) is 0. The minimum absolute atomic E-state index is 0.840. The first-order chi connectivity index (χ1) is 10.9. The molecular formula is C18H18N3P. The number of hydrogen-bond donors (Lipinski definition) is 3. The maximum atomic E-state index is 3.52. The Balaban J connectivity index is 1.75. The van der Waals surface area contributed by atoms with Crippen molar-refractivity contribution in [3.63, 3.8) is 0 Å². The monoisotopic (exact) mass is 307 g/mol. The Labute approximate surface area is 132 Å². The van der Waals surface area contributed by atoms with Gasteiger partial charge in [0.15, 0.2) is 8.37 Å². The summed E-state index contributed by atoms with van der Waals surface area (Å²) >= 11 is 0. The Morgan fingerprint density at radius 1 is 0.409 bits per heavy atom. The van der Waals surface area contributed by atoms with Crippen molar-refractivity contribution < 1.29 is 0 Å². The van der Waals surface area contributed by atoms with E-state index < -0.39 is 8.37 Å². The zero-order valence-electron chi connectivity index (χ0n) is 12.1. The highest BCUT2D eigenvalue weighted by Gasteiger charge is 2.09. The van der Waals surface area contributed by atoms with E-state index >= 15 is 0 Å². The lowest BCUT2D eigenvalue weighted by atomic mass is 10.3. The highest BCUT2D eigenvalue weighted by Crippen LogP contribution is 2.37. The Kier molecular flexibility index (Phi) is 4.91. The quantitative estimate of drug-likeness (QED) is 0.523. The molecule has 0 radical (unpaired) electrons. The number of para-hydroxylation sites is 3. The van der Waals surface area contributed by atoms with Crippen LogP contribution in [-0.4, -0.2) is 0 Å². The van der Waals surface area contributed by atoms with Crippen molar-refractivity contribution in [3.05, 3.63) is 91.0 Å². The molecule has 0 aliphatic carbocycles. The molecule has 0 amide bonds. The predicted molar refractivity (Wildman–Crippen MR) is 97.1 cm³/mol. The number of hydrogen-bond acceptors (Lipinski definition) is 3. The fraction of sp³-hybridized carbons (Fsp3) is 0. The van der Waals surface area contributed by atoms with Crippen LogP contribution < -0.4 is 15.3 Å². The number of rotatable bonds is 6. The maximum Gasteiger partial charge on any atom is 0.200 e. The maximum absolute atomic E-state index is 3.52. The fourth-order valence-electron chi connectivity index (χ4n) is 2.01. The second-order valence-electron chi connectivity index (χ2n) is 4.77. The summed E-state index contributed by atoms with van der Waals surface area (Å²) in [6, 6.07) is 30.6. The summed E-state index contributed by atoms with van der Waals surface area (Å²) in [5.41, 5.74) is 3.25. The van der Waals surface area contributed by atoms with Gasteiger partial charge in [-0.25, -0.2) is 0 Å². The second kappa shape index (κ2) is 7.48. The SMILES string of the molecule is c1ccc(NP(Nc2ccccc2)Nc2ccccc2)cc1. The number of benzene rings is 3. The average molecular weight is 307 g/mol. The highest BCUT2D eigenvalue weighted by atomic mass is 31.1. The van der Waals surface area contributed by atoms with Gasteiger partial charge in [0.2, 0.25) is 0 Å². The van der Waals surface area contributed by atoms with Gasteiger partial charge in [-0.1, -0.05) is 54.6 Å². The largest absolute Gasteiger partial charge is 0.331 e. The third-order valence-corrected chi connectivity index (χ3v) is 4.49. The molecule has 0 aliphatic heterocycles. The van der Waals surface area contributed by atoms with Crippen molar-refractivity contribution in [2.24, 2.45) is 0 Å². The third-order valence-electron chi connectivity index (χ3n) is 3.04. The molecule has 0 atom stereocenters. The van der Waals surface area contributed by atoms with Crippen LogP contribution in [0.5, 0.6) is 0 Å². The van der Waals surface area contributed by atoms with Crippen molar-refractivity contribution in [3.8, 4) is 0 Å². The van der Waals surface area contributed by atoms with Crippen LogP contribution in [0.3, 0.4) is 0 Å². The summed E-state index contributed by atoms with van der Waals surface area (Å²) in [6.07, 6.45) is 0. The van der Waals surface area contributed by atoms with Crippen LogP contribution >= 0.6 is 8.37 Å². The molecule has 22 heavy (non-hydrogen) atoms. The summed E-state index contributed by atoms with van der Waals surface area (Å²) in [7, 11) is -0.840. The molecule has 3 nitrogen and oxygen atoms in total. The lowest BCUT2D eigenvalue weighted by Crippen LogP contribution is -2.08. The molecule has 3 rings (SSSR count). The molecule has 0 bridgehead atoms. The van der Waals surface area contributed by atoms with Crippen LogP contribution in [0.1, 0.15) is 0 Å². The van der Waals surface area contributed by atoms with E-state index in [1.54, 1.807) is 0 Å². The van der Waals surface area contributed by atoms with Gasteiger partial charge in [-0.3, -0.25) is 0 Å². The first-order valence-corrected chi connectivity index (χ1v) is 8.49. The summed E-state index contributed by atoms with van der Waals surface area (Å²) in [5.74, 6) is 0. The second-order valence-corrected chi connectivity index (χ2v) is 6.11. The lowest BCUT2D eigenvalue weighted by molar-refractivity contribution is 1.61. The van der Waals surface area contributed by atoms with E-state index in [9.17, 15) is 0 Å². The predicted octanol–water partition coefficient (Wildman–Crippen LogP) is 5.55. The summed E-state index contributed by atoms with van der Waals surface area (Å²) < 4.78 is 0. The molecule has 3 aromatic carbocycles. The zero-order valence-corrected chi connectivity index (χ0v) is 13.0. The smallest absolute Gasteiger partial charge is 0.200 e. The van der Waals surface area contributed by atoms with Gasteiger partial charge in [-0.15, -0.1) is 0 Å². The molecule has 4 heteroatoms. The molecular weight excluding hydrogens is 289 g/mol. The van der Waals surface area contributed by atoms with E-state index in [1.165, 1.54) is 0 Å². The van der Waals surface area contributed by atoms with Crippen molar-refractivity contribution in [1.29, 1.82) is 0 Å². The van der Waals surface area contributed by atoms with Crippen molar-refractivity contribution in [2.75, 3.05) is 15.3 Å². The van der Waals surface area contributed by atoms with E-state index in [0.29, 0.717) is 0 Å². The molecule has 3 aromatic rings. The zero-order chi connectivity index (χ0) is 15.0. The molecule has 0 fully saturated rings. The number of anilines is 3. The van der Waals surface area contributed by atoms with E-state index in [2.05, 4.69) is 51.7 Å². The fourth-order valence-corrected chi connectivity index (χ4v) is 3.40. The Bertz CT molecular complexity index is 576. The van der Waals surface area contributed by atoms with Crippen LogP contribution in [-0.2, 0) is 0 Å². The molecule has 0 heterocycles. The van der Waals surface area contributed by atoms with Gasteiger partial charge in [-0.05, 0) is 36.4 Å². The molecule has 0 saturated heterocycles. The minimum atomic E-state index is -0.840. The van der Waals surface area contributed by atoms with Gasteiger partial charge in [0.25, 0.3) is 0 Å². The van der Waals surface area contributed by atoms with Crippen molar-refractivity contribution in [1.82, 2.24) is 0 Å². The standard InChI is InChI=1S/C18H18N3P/c1-4-10-16(11-5-1)19-22(20-17-12-6-2-7-13-17)21-18-14-8-3-9-15-18/h1-15,19-21H. The Morgan fingerprint density at radius 2 is 0.682 bits per heavy atom. The topological polar surface area (TPSA) is 36.1 Å². The van der Waals surface area contributed by atoms with Gasteiger partial charge < -0.3 is 15.3 Å². The van der Waals surface area contributed by atoms with Crippen LogP contribution in [0.4, 0.5) is 17.1 Å². The lowest BCUT2D eigenvalue weighted by Gasteiger charge is -2.23. The molecule has 0 spiro atoms. The van der Waals surface area contributed by atoms with Crippen molar-refractivity contribution >= 4 is 25.4 Å². The van der Waals surface area contributed by atoms with Gasteiger partial charge in [0, 0.05) is 17.1 Å². The third kappa shape index (κ3) is 4.24. The van der Waals surface area contributed by atoms with Crippen LogP contribution in [0.15, 0.2) is 91.0 Å². The first kappa shape index (κ1) is 14.4. The van der Waals surface area contributed by atoms with Gasteiger partial charge >= 0.3 is 0 Å². The Hall–Kier alpha value is -2.51. The molecule has 0 aliphatic rings. The number of nitrogens with one attached hydrogen (secondary N) is 3. The summed E-state index contributed by atoms with van der Waals surface area (Å²) in [5, 5.41) is 10.6. The van der Waals surface area contributed by atoms with Crippen LogP contribution in [0.25, 0.3) is 0 Å². The van der Waals surface area contributed by atoms with Crippen molar-refractivity contribution in [2.45, 2.75) is 0 Å². The van der Waals surface area contributed by atoms with Crippen LogP contribution in [0.2, 0.25) is 0 Å².